The Bertz CT molecular complexity index is 484. The van der Waals surface area contributed by atoms with E-state index in [0.717, 1.165) is 43.2 Å². The molecule has 0 spiro atoms. The van der Waals surface area contributed by atoms with Crippen molar-refractivity contribution in [3.05, 3.63) is 17.0 Å². The van der Waals surface area contributed by atoms with Gasteiger partial charge >= 0.3 is 5.97 Å². The third-order valence-corrected chi connectivity index (χ3v) is 3.91. The van der Waals surface area contributed by atoms with Gasteiger partial charge in [-0.05, 0) is 20.4 Å². The van der Waals surface area contributed by atoms with E-state index in [0.29, 0.717) is 6.54 Å². The van der Waals surface area contributed by atoms with Gasteiger partial charge in [0.15, 0.2) is 0 Å². The predicted octanol–water partition coefficient (Wildman–Crippen LogP) is 0.848. The van der Waals surface area contributed by atoms with Crippen LogP contribution in [0.4, 0.5) is 0 Å². The number of likely N-dealkylation sites (N-methyl/N-ethyl adjacent to an activating group) is 1. The second-order valence-electron chi connectivity index (χ2n) is 5.29. The molecule has 6 nitrogen and oxygen atoms in total. The van der Waals surface area contributed by atoms with Crippen LogP contribution < -0.4 is 0 Å². The fourth-order valence-electron chi connectivity index (χ4n) is 2.69. The van der Waals surface area contributed by atoms with E-state index < -0.39 is 5.97 Å². The lowest BCUT2D eigenvalue weighted by Gasteiger charge is -2.32. The largest absolute Gasteiger partial charge is 0.481 e. The molecule has 0 bridgehead atoms. The minimum absolute atomic E-state index is 0.0320. The molecule has 1 fully saturated rings. The van der Waals surface area contributed by atoms with Gasteiger partial charge in [0.1, 0.15) is 0 Å². The molecular formula is C14H23N3O3. The second-order valence-corrected chi connectivity index (χ2v) is 5.29. The van der Waals surface area contributed by atoms with Crippen LogP contribution in [-0.4, -0.2) is 58.1 Å². The minimum Gasteiger partial charge on any atom is -0.481 e. The first-order valence-corrected chi connectivity index (χ1v) is 7.09. The molecule has 112 valence electrons. The molecule has 2 rings (SSSR count). The highest BCUT2D eigenvalue weighted by atomic mass is 16.5. The molecule has 1 atom stereocenters. The van der Waals surface area contributed by atoms with Crippen molar-refractivity contribution in [2.75, 3.05) is 26.2 Å². The summed E-state index contributed by atoms with van der Waals surface area (Å²) < 4.78 is 7.67. The van der Waals surface area contributed by atoms with Crippen LogP contribution in [-0.2, 0) is 22.5 Å². The van der Waals surface area contributed by atoms with Crippen molar-refractivity contribution in [3.63, 3.8) is 0 Å². The quantitative estimate of drug-likeness (QED) is 0.866. The monoisotopic (exact) mass is 281 g/mol. The first kappa shape index (κ1) is 15.0. The highest BCUT2D eigenvalue weighted by molar-refractivity contribution is 5.70. The van der Waals surface area contributed by atoms with Gasteiger partial charge in [0.25, 0.3) is 0 Å². The fraction of sp³-hybridized carbons (Fsp3) is 0.714. The number of morpholine rings is 1. The Hall–Kier alpha value is -1.40. The van der Waals surface area contributed by atoms with Crippen molar-refractivity contribution in [1.29, 1.82) is 0 Å². The lowest BCUT2D eigenvalue weighted by molar-refractivity contribution is -0.136. The third-order valence-electron chi connectivity index (χ3n) is 3.91. The zero-order chi connectivity index (χ0) is 14.7. The maximum Gasteiger partial charge on any atom is 0.307 e. The lowest BCUT2D eigenvalue weighted by Crippen LogP contribution is -2.44. The molecule has 1 aliphatic heterocycles. The number of carboxylic acid groups (broad SMARTS) is 1. The highest BCUT2D eigenvalue weighted by Crippen LogP contribution is 2.16. The van der Waals surface area contributed by atoms with Crippen molar-refractivity contribution < 1.29 is 14.6 Å². The predicted molar refractivity (Wildman–Crippen MR) is 74.9 cm³/mol. The van der Waals surface area contributed by atoms with Crippen LogP contribution in [0.25, 0.3) is 0 Å². The summed E-state index contributed by atoms with van der Waals surface area (Å²) in [4.78, 5) is 13.2. The van der Waals surface area contributed by atoms with Gasteiger partial charge in [0, 0.05) is 24.3 Å². The van der Waals surface area contributed by atoms with Gasteiger partial charge in [-0.3, -0.25) is 14.4 Å². The molecule has 1 aromatic heterocycles. The lowest BCUT2D eigenvalue weighted by atomic mass is 10.1. The van der Waals surface area contributed by atoms with E-state index in [1.807, 2.05) is 18.5 Å². The van der Waals surface area contributed by atoms with Gasteiger partial charge in [-0.1, -0.05) is 6.92 Å². The summed E-state index contributed by atoms with van der Waals surface area (Å²) in [6.45, 7) is 10.3. The fourth-order valence-corrected chi connectivity index (χ4v) is 2.69. The maximum atomic E-state index is 10.9. The zero-order valence-electron chi connectivity index (χ0n) is 12.4. The number of ether oxygens (including phenoxy) is 1. The van der Waals surface area contributed by atoms with E-state index in [2.05, 4.69) is 16.9 Å². The van der Waals surface area contributed by atoms with E-state index in [1.54, 1.807) is 0 Å². The molecule has 1 aromatic rings. The van der Waals surface area contributed by atoms with Crippen LogP contribution in [0.2, 0.25) is 0 Å². The standard InChI is InChI=1S/C14H23N3O3/c1-4-16-5-6-20-12(8-16)9-17-11(3)13(7-14(18)19)10(2)15-17/h12H,4-9H2,1-3H3,(H,18,19). The number of carbonyl (C=O) groups is 1. The van der Waals surface area contributed by atoms with Gasteiger partial charge in [0.2, 0.25) is 0 Å². The normalized spacial score (nSPS) is 20.2. The molecule has 1 unspecified atom stereocenters. The number of rotatable bonds is 5. The Morgan fingerprint density at radius 3 is 2.90 bits per heavy atom. The summed E-state index contributed by atoms with van der Waals surface area (Å²) in [6.07, 6.45) is 0.156. The molecular weight excluding hydrogens is 258 g/mol. The van der Waals surface area contributed by atoms with Gasteiger partial charge in [-0.15, -0.1) is 0 Å². The molecule has 1 saturated heterocycles. The van der Waals surface area contributed by atoms with Crippen LogP contribution in [0.15, 0.2) is 0 Å². The molecule has 1 aliphatic rings. The van der Waals surface area contributed by atoms with Gasteiger partial charge in [-0.2, -0.15) is 5.10 Å². The Labute approximate surface area is 119 Å². The average molecular weight is 281 g/mol. The van der Waals surface area contributed by atoms with Crippen molar-refractivity contribution in [2.24, 2.45) is 0 Å². The van der Waals surface area contributed by atoms with Crippen molar-refractivity contribution in [3.8, 4) is 0 Å². The van der Waals surface area contributed by atoms with Crippen LogP contribution in [0.5, 0.6) is 0 Å². The molecule has 2 heterocycles. The molecule has 0 amide bonds. The number of aliphatic carboxylic acids is 1. The zero-order valence-corrected chi connectivity index (χ0v) is 12.4. The molecule has 0 aliphatic carbocycles. The van der Waals surface area contributed by atoms with Crippen LogP contribution in [0.3, 0.4) is 0 Å². The van der Waals surface area contributed by atoms with Crippen molar-refractivity contribution in [1.82, 2.24) is 14.7 Å². The number of nitrogens with zero attached hydrogens (tertiary/aromatic N) is 3. The highest BCUT2D eigenvalue weighted by Gasteiger charge is 2.22. The number of hydrogen-bond acceptors (Lipinski definition) is 4. The smallest absolute Gasteiger partial charge is 0.307 e. The first-order valence-electron chi connectivity index (χ1n) is 7.09. The first-order chi connectivity index (χ1) is 9.51. The van der Waals surface area contributed by atoms with Gasteiger partial charge in [-0.25, -0.2) is 0 Å². The van der Waals surface area contributed by atoms with E-state index in [1.165, 1.54) is 0 Å². The summed E-state index contributed by atoms with van der Waals surface area (Å²) in [5.74, 6) is -0.818. The van der Waals surface area contributed by atoms with Crippen LogP contribution in [0.1, 0.15) is 23.9 Å². The number of aromatic nitrogens is 2. The van der Waals surface area contributed by atoms with Gasteiger partial charge in [0.05, 0.1) is 31.4 Å². The molecule has 0 radical (unpaired) electrons. The summed E-state index contributed by atoms with van der Waals surface area (Å²) in [5.41, 5.74) is 2.55. The summed E-state index contributed by atoms with van der Waals surface area (Å²) in [7, 11) is 0. The maximum absolute atomic E-state index is 10.9. The molecule has 6 heteroatoms. The van der Waals surface area contributed by atoms with Gasteiger partial charge < -0.3 is 9.84 Å². The Balaban J connectivity index is 2.07. The van der Waals surface area contributed by atoms with Crippen molar-refractivity contribution in [2.45, 2.75) is 39.8 Å². The van der Waals surface area contributed by atoms with E-state index in [4.69, 9.17) is 9.84 Å². The van der Waals surface area contributed by atoms with E-state index in [-0.39, 0.29) is 12.5 Å². The number of aryl methyl sites for hydroxylation is 1. The minimum atomic E-state index is -0.818. The topological polar surface area (TPSA) is 67.6 Å². The Morgan fingerprint density at radius 1 is 1.50 bits per heavy atom. The summed E-state index contributed by atoms with van der Waals surface area (Å²) in [6, 6.07) is 0. The third kappa shape index (κ3) is 3.37. The second kappa shape index (κ2) is 6.37. The SMILES string of the molecule is CCN1CCOC(Cn2nc(C)c(CC(=O)O)c2C)C1. The van der Waals surface area contributed by atoms with Crippen LogP contribution >= 0.6 is 0 Å². The molecule has 0 saturated carbocycles. The number of carboxylic acids is 1. The Morgan fingerprint density at radius 2 is 2.25 bits per heavy atom. The molecule has 1 N–H and O–H groups in total. The summed E-state index contributed by atoms with van der Waals surface area (Å²) >= 11 is 0. The van der Waals surface area contributed by atoms with E-state index >= 15 is 0 Å². The van der Waals surface area contributed by atoms with E-state index in [9.17, 15) is 4.79 Å². The Kier molecular flexibility index (Phi) is 4.77. The average Bonchev–Trinajstić information content (AvgIpc) is 2.66. The molecule has 20 heavy (non-hydrogen) atoms. The van der Waals surface area contributed by atoms with Crippen LogP contribution in [0, 0.1) is 13.8 Å². The number of hydrogen-bond donors (Lipinski definition) is 1. The molecule has 0 aromatic carbocycles. The van der Waals surface area contributed by atoms with Crippen molar-refractivity contribution >= 4 is 5.97 Å². The summed E-state index contributed by atoms with van der Waals surface area (Å²) in [5, 5.41) is 13.4.